The van der Waals surface area contributed by atoms with E-state index in [4.69, 9.17) is 4.99 Å². The van der Waals surface area contributed by atoms with Crippen molar-refractivity contribution in [1.82, 2.24) is 5.32 Å². The lowest BCUT2D eigenvalue weighted by molar-refractivity contribution is 0.569. The third-order valence-electron chi connectivity index (χ3n) is 5.63. The van der Waals surface area contributed by atoms with Crippen LogP contribution in [0.1, 0.15) is 54.0 Å². The average Bonchev–Trinajstić information content (AvgIpc) is 3.24. The zero-order valence-corrected chi connectivity index (χ0v) is 16.7. The number of rotatable bonds is 8. The maximum absolute atomic E-state index is 5.25. The molecule has 3 atom stereocenters. The van der Waals surface area contributed by atoms with Crippen LogP contribution in [0.5, 0.6) is 0 Å². The normalized spacial score (nSPS) is 19.2. The molecule has 0 saturated heterocycles. The molecule has 3 aromatic carbocycles. The highest BCUT2D eigenvalue weighted by molar-refractivity contribution is 5.91. The zero-order valence-electron chi connectivity index (χ0n) is 16.7. The van der Waals surface area contributed by atoms with Gasteiger partial charge < -0.3 is 5.32 Å². The van der Waals surface area contributed by atoms with Gasteiger partial charge in [-0.05, 0) is 36.0 Å². The van der Waals surface area contributed by atoms with E-state index in [1.54, 1.807) is 0 Å². The summed E-state index contributed by atoms with van der Waals surface area (Å²) in [5.74, 6) is 1.37. The van der Waals surface area contributed by atoms with Crippen molar-refractivity contribution < 1.29 is 0 Å². The molecular formula is C27H28N2. The van der Waals surface area contributed by atoms with E-state index in [0.29, 0.717) is 0 Å². The highest BCUT2D eigenvalue weighted by atomic mass is 15.1. The number of benzene rings is 3. The fourth-order valence-electron chi connectivity index (χ4n) is 4.15. The molecule has 1 unspecified atom stereocenters. The Balaban J connectivity index is 1.69. The van der Waals surface area contributed by atoms with Gasteiger partial charge in [0.1, 0.15) is 11.9 Å². The summed E-state index contributed by atoms with van der Waals surface area (Å²) >= 11 is 0. The van der Waals surface area contributed by atoms with Crippen LogP contribution < -0.4 is 5.32 Å². The number of unbranched alkanes of at least 4 members (excludes halogenated alkanes) is 1. The Hall–Kier alpha value is -3.13. The molecule has 0 spiro atoms. The van der Waals surface area contributed by atoms with Crippen molar-refractivity contribution >= 4 is 5.84 Å². The van der Waals surface area contributed by atoms with Crippen molar-refractivity contribution in [2.24, 2.45) is 4.99 Å². The lowest BCUT2D eigenvalue weighted by atomic mass is 9.92. The van der Waals surface area contributed by atoms with E-state index < -0.39 is 0 Å². The van der Waals surface area contributed by atoms with Crippen LogP contribution >= 0.6 is 0 Å². The summed E-state index contributed by atoms with van der Waals surface area (Å²) in [6, 6.07) is 32.3. The van der Waals surface area contributed by atoms with Crippen LogP contribution in [0.4, 0.5) is 0 Å². The van der Waals surface area contributed by atoms with Gasteiger partial charge in [0.25, 0.3) is 0 Å². The number of nitrogens with one attached hydrogen (secondary N) is 1. The van der Waals surface area contributed by atoms with Crippen LogP contribution in [-0.4, -0.2) is 5.84 Å². The van der Waals surface area contributed by atoms with Crippen LogP contribution in [0.3, 0.4) is 0 Å². The average molecular weight is 381 g/mol. The molecule has 1 N–H and O–H groups in total. The Labute approximate surface area is 174 Å². The molecule has 0 fully saturated rings. The lowest BCUT2D eigenvalue weighted by Gasteiger charge is -2.22. The lowest BCUT2D eigenvalue weighted by Crippen LogP contribution is -2.29. The molecule has 2 nitrogen and oxygen atoms in total. The summed E-state index contributed by atoms with van der Waals surface area (Å²) in [5, 5.41) is 3.81. The predicted molar refractivity (Wildman–Crippen MR) is 122 cm³/mol. The van der Waals surface area contributed by atoms with Crippen LogP contribution in [-0.2, 0) is 0 Å². The molecule has 1 heterocycles. The van der Waals surface area contributed by atoms with E-state index in [1.807, 2.05) is 6.08 Å². The molecule has 1 aliphatic heterocycles. The molecule has 0 bridgehead atoms. The second kappa shape index (κ2) is 9.38. The maximum Gasteiger partial charge on any atom is 0.105 e. The summed E-state index contributed by atoms with van der Waals surface area (Å²) in [7, 11) is 0. The Morgan fingerprint density at radius 2 is 1.41 bits per heavy atom. The van der Waals surface area contributed by atoms with Gasteiger partial charge in [0, 0.05) is 5.92 Å². The van der Waals surface area contributed by atoms with Crippen LogP contribution in [0, 0.1) is 0 Å². The van der Waals surface area contributed by atoms with Crippen molar-refractivity contribution in [3.8, 4) is 0 Å². The van der Waals surface area contributed by atoms with Gasteiger partial charge in [0.05, 0.1) is 6.04 Å². The Morgan fingerprint density at radius 1 is 0.828 bits per heavy atom. The summed E-state index contributed by atoms with van der Waals surface area (Å²) in [6.07, 6.45) is 5.20. The minimum Gasteiger partial charge on any atom is -0.364 e. The predicted octanol–water partition coefficient (Wildman–Crippen LogP) is 6.61. The van der Waals surface area contributed by atoms with Crippen molar-refractivity contribution in [3.63, 3.8) is 0 Å². The van der Waals surface area contributed by atoms with Gasteiger partial charge in [0.15, 0.2) is 0 Å². The van der Waals surface area contributed by atoms with Crippen molar-refractivity contribution in [2.45, 2.75) is 37.3 Å². The van der Waals surface area contributed by atoms with E-state index in [-0.39, 0.29) is 18.0 Å². The Bertz CT molecular complexity index is 932. The molecular weight excluding hydrogens is 352 g/mol. The minimum atomic E-state index is 0.0826. The van der Waals surface area contributed by atoms with Gasteiger partial charge >= 0.3 is 0 Å². The SMILES string of the molecule is C=CCCCC(C1=N[C@@H](c2ccccc2)[C@H](c2ccccc2)N1)c1ccccc1. The third-order valence-corrected chi connectivity index (χ3v) is 5.63. The number of nitrogens with zero attached hydrogens (tertiary/aromatic N) is 1. The van der Waals surface area contributed by atoms with E-state index in [1.165, 1.54) is 16.7 Å². The van der Waals surface area contributed by atoms with Crippen LogP contribution in [0.25, 0.3) is 0 Å². The molecule has 3 aromatic rings. The quantitative estimate of drug-likeness (QED) is 0.345. The first-order chi connectivity index (χ1) is 14.4. The number of aliphatic imine (C=N–C) groups is 1. The van der Waals surface area contributed by atoms with Crippen LogP contribution in [0.2, 0.25) is 0 Å². The molecule has 146 valence electrons. The topological polar surface area (TPSA) is 24.4 Å². The smallest absolute Gasteiger partial charge is 0.105 e. The van der Waals surface area contributed by atoms with Crippen molar-refractivity contribution in [3.05, 3.63) is 120 Å². The number of allylic oxidation sites excluding steroid dienone is 1. The summed E-state index contributed by atoms with van der Waals surface area (Å²) < 4.78 is 0. The van der Waals surface area contributed by atoms with Gasteiger partial charge in [-0.3, -0.25) is 4.99 Å². The van der Waals surface area contributed by atoms with Crippen molar-refractivity contribution in [1.29, 1.82) is 0 Å². The standard InChI is InChI=1S/C27H28N2/c1-2-3-7-20-24(21-14-8-4-9-15-21)27-28-25(22-16-10-5-11-17-22)26(29-27)23-18-12-6-13-19-23/h2,4-6,8-19,24-26H,1,3,7,20H2,(H,28,29)/t24?,25-,26-/m0/s1. The summed E-state index contributed by atoms with van der Waals surface area (Å²) in [4.78, 5) is 5.25. The molecule has 1 aliphatic rings. The molecule has 0 saturated carbocycles. The molecule has 0 aromatic heterocycles. The number of hydrogen-bond acceptors (Lipinski definition) is 2. The maximum atomic E-state index is 5.25. The zero-order chi connectivity index (χ0) is 19.9. The number of hydrogen-bond donors (Lipinski definition) is 1. The Kier molecular flexibility index (Phi) is 6.21. The van der Waals surface area contributed by atoms with Gasteiger partial charge in [-0.2, -0.15) is 0 Å². The molecule has 29 heavy (non-hydrogen) atoms. The van der Waals surface area contributed by atoms with Gasteiger partial charge in [-0.25, -0.2) is 0 Å². The largest absolute Gasteiger partial charge is 0.364 e. The minimum absolute atomic E-state index is 0.0826. The van der Waals surface area contributed by atoms with E-state index in [0.717, 1.165) is 25.1 Å². The molecule has 2 heteroatoms. The van der Waals surface area contributed by atoms with Crippen LogP contribution in [0.15, 0.2) is 109 Å². The molecule has 0 aliphatic carbocycles. The second-order valence-electron chi connectivity index (χ2n) is 7.59. The van der Waals surface area contributed by atoms with Gasteiger partial charge in [-0.15, -0.1) is 6.58 Å². The highest BCUT2D eigenvalue weighted by Gasteiger charge is 2.34. The fraction of sp³-hybridized carbons (Fsp3) is 0.222. The Morgan fingerprint density at radius 3 is 2.03 bits per heavy atom. The first-order valence-electron chi connectivity index (χ1n) is 10.5. The summed E-state index contributed by atoms with van der Waals surface area (Å²) in [6.45, 7) is 3.89. The summed E-state index contributed by atoms with van der Waals surface area (Å²) in [5.41, 5.74) is 3.85. The van der Waals surface area contributed by atoms with Crippen molar-refractivity contribution in [2.75, 3.05) is 0 Å². The highest BCUT2D eigenvalue weighted by Crippen LogP contribution is 2.39. The van der Waals surface area contributed by atoms with E-state index in [2.05, 4.69) is 103 Å². The number of amidine groups is 1. The first kappa shape index (κ1) is 19.2. The third kappa shape index (κ3) is 4.48. The fourth-order valence-corrected chi connectivity index (χ4v) is 4.15. The monoisotopic (exact) mass is 380 g/mol. The van der Waals surface area contributed by atoms with E-state index >= 15 is 0 Å². The first-order valence-corrected chi connectivity index (χ1v) is 10.5. The molecule has 4 rings (SSSR count). The molecule has 0 radical (unpaired) electrons. The molecule has 0 amide bonds. The van der Waals surface area contributed by atoms with Gasteiger partial charge in [-0.1, -0.05) is 97.1 Å². The second-order valence-corrected chi connectivity index (χ2v) is 7.59. The van der Waals surface area contributed by atoms with E-state index in [9.17, 15) is 0 Å². The van der Waals surface area contributed by atoms with Gasteiger partial charge in [0.2, 0.25) is 0 Å².